The van der Waals surface area contributed by atoms with Crippen molar-refractivity contribution in [2.75, 3.05) is 5.32 Å². The zero-order chi connectivity index (χ0) is 27.4. The van der Waals surface area contributed by atoms with E-state index in [2.05, 4.69) is 140 Å². The van der Waals surface area contributed by atoms with Gasteiger partial charge in [-0.2, -0.15) is 0 Å². The van der Waals surface area contributed by atoms with Crippen LogP contribution in [-0.4, -0.2) is 0 Å². The third kappa shape index (κ3) is 3.62. The molecule has 0 atom stereocenters. The molecule has 5 aromatic carbocycles. The highest BCUT2D eigenvalue weighted by molar-refractivity contribution is 5.96. The van der Waals surface area contributed by atoms with E-state index in [1.807, 2.05) is 0 Å². The predicted molar refractivity (Wildman–Crippen MR) is 173 cm³/mol. The first-order valence-corrected chi connectivity index (χ1v) is 15.0. The Morgan fingerprint density at radius 3 is 1.95 bits per heavy atom. The normalized spacial score (nSPS) is 15.4. The quantitative estimate of drug-likeness (QED) is 0.240. The lowest BCUT2D eigenvalue weighted by Gasteiger charge is -2.32. The largest absolute Gasteiger partial charge is 0.356 e. The second-order valence-corrected chi connectivity index (χ2v) is 11.6. The van der Waals surface area contributed by atoms with E-state index in [0.29, 0.717) is 0 Å². The number of fused-ring (bicyclic) bond motifs is 9. The lowest BCUT2D eigenvalue weighted by molar-refractivity contribution is 0.781. The molecular weight excluding hydrogens is 494 g/mol. The molecule has 0 aliphatic heterocycles. The van der Waals surface area contributed by atoms with Crippen LogP contribution in [0.3, 0.4) is 0 Å². The van der Waals surface area contributed by atoms with Gasteiger partial charge in [-0.1, -0.05) is 116 Å². The monoisotopic (exact) mass is 527 g/mol. The summed E-state index contributed by atoms with van der Waals surface area (Å²) in [6.07, 6.45) is 9.30. The molecule has 1 heteroatoms. The van der Waals surface area contributed by atoms with Crippen molar-refractivity contribution in [2.24, 2.45) is 0 Å². The van der Waals surface area contributed by atoms with Crippen molar-refractivity contribution >= 4 is 16.9 Å². The second-order valence-electron chi connectivity index (χ2n) is 11.6. The highest BCUT2D eigenvalue weighted by Crippen LogP contribution is 2.63. The standard InChI is InChI=1S/C40H33N/c1-2-9-27-16-18-28(19-17-27)29-20-22-30(23-21-29)41-31-24-25-35-34-12-5-8-15-38(34)40(39(35)26-31)36-13-6-3-10-32(36)33-11-4-7-14-37(33)40/h3-4,6-8,10-11,13-26,41H,2,5,9,12H2,1H3. The second kappa shape index (κ2) is 9.49. The summed E-state index contributed by atoms with van der Waals surface area (Å²) in [6, 6.07) is 43.0. The van der Waals surface area contributed by atoms with Gasteiger partial charge in [-0.05, 0) is 105 Å². The lowest BCUT2D eigenvalue weighted by atomic mass is 9.69. The van der Waals surface area contributed by atoms with E-state index in [1.54, 1.807) is 0 Å². The van der Waals surface area contributed by atoms with E-state index in [0.717, 1.165) is 30.6 Å². The first-order chi connectivity index (χ1) is 20.3. The van der Waals surface area contributed by atoms with Gasteiger partial charge in [0.2, 0.25) is 0 Å². The van der Waals surface area contributed by atoms with Crippen molar-refractivity contribution in [1.29, 1.82) is 0 Å². The highest BCUT2D eigenvalue weighted by Gasteiger charge is 2.52. The Morgan fingerprint density at radius 2 is 1.27 bits per heavy atom. The van der Waals surface area contributed by atoms with Gasteiger partial charge in [0.1, 0.15) is 0 Å². The number of hydrogen-bond donors (Lipinski definition) is 1. The van der Waals surface area contributed by atoms with E-state index >= 15 is 0 Å². The number of hydrogen-bond acceptors (Lipinski definition) is 1. The number of benzene rings is 5. The summed E-state index contributed by atoms with van der Waals surface area (Å²) in [5.74, 6) is 0. The maximum Gasteiger partial charge on any atom is 0.0722 e. The molecule has 0 bridgehead atoms. The number of allylic oxidation sites excluding steroid dienone is 4. The average molecular weight is 528 g/mol. The third-order valence-electron chi connectivity index (χ3n) is 9.28. The first kappa shape index (κ1) is 24.2. The molecule has 1 spiro atoms. The summed E-state index contributed by atoms with van der Waals surface area (Å²) in [5.41, 5.74) is 17.2. The zero-order valence-electron chi connectivity index (χ0n) is 23.5. The molecule has 1 nitrogen and oxygen atoms in total. The van der Waals surface area contributed by atoms with Gasteiger partial charge in [0.15, 0.2) is 0 Å². The molecule has 41 heavy (non-hydrogen) atoms. The molecule has 1 N–H and O–H groups in total. The number of aryl methyl sites for hydroxylation is 1. The van der Waals surface area contributed by atoms with E-state index in [-0.39, 0.29) is 5.41 Å². The zero-order valence-corrected chi connectivity index (χ0v) is 23.5. The Balaban J connectivity index is 1.19. The van der Waals surface area contributed by atoms with Gasteiger partial charge in [0, 0.05) is 11.4 Å². The Bertz CT molecular complexity index is 1810. The topological polar surface area (TPSA) is 12.0 Å². The smallest absolute Gasteiger partial charge is 0.0722 e. The Kier molecular flexibility index (Phi) is 5.60. The van der Waals surface area contributed by atoms with Crippen LogP contribution in [0.1, 0.15) is 54.0 Å². The summed E-state index contributed by atoms with van der Waals surface area (Å²) in [7, 11) is 0. The first-order valence-electron chi connectivity index (χ1n) is 15.0. The molecule has 8 rings (SSSR count). The summed E-state index contributed by atoms with van der Waals surface area (Å²) in [4.78, 5) is 0. The van der Waals surface area contributed by atoms with Crippen LogP contribution in [0.4, 0.5) is 11.4 Å². The Hall–Kier alpha value is -4.62. The van der Waals surface area contributed by atoms with Crippen LogP contribution in [0.25, 0.3) is 27.8 Å². The van der Waals surface area contributed by atoms with Crippen LogP contribution in [0.15, 0.2) is 133 Å². The minimum absolute atomic E-state index is 0.264. The molecule has 0 aromatic heterocycles. The van der Waals surface area contributed by atoms with Crippen molar-refractivity contribution in [3.63, 3.8) is 0 Å². The maximum absolute atomic E-state index is 3.74. The van der Waals surface area contributed by atoms with Gasteiger partial charge in [0.25, 0.3) is 0 Å². The Morgan fingerprint density at radius 1 is 0.634 bits per heavy atom. The van der Waals surface area contributed by atoms with Crippen molar-refractivity contribution in [3.8, 4) is 22.3 Å². The molecule has 3 aliphatic carbocycles. The van der Waals surface area contributed by atoms with Gasteiger partial charge < -0.3 is 5.32 Å². The molecule has 0 heterocycles. The molecule has 0 radical (unpaired) electrons. The van der Waals surface area contributed by atoms with Gasteiger partial charge in [-0.3, -0.25) is 0 Å². The van der Waals surface area contributed by atoms with Crippen molar-refractivity contribution in [2.45, 2.75) is 38.0 Å². The molecule has 3 aliphatic rings. The maximum atomic E-state index is 3.74. The van der Waals surface area contributed by atoms with Crippen LogP contribution in [0.5, 0.6) is 0 Å². The number of nitrogens with one attached hydrogen (secondary N) is 1. The lowest BCUT2D eigenvalue weighted by Crippen LogP contribution is -2.27. The van der Waals surface area contributed by atoms with E-state index in [1.165, 1.54) is 67.6 Å². The molecule has 0 saturated carbocycles. The van der Waals surface area contributed by atoms with Crippen LogP contribution in [0.2, 0.25) is 0 Å². The predicted octanol–water partition coefficient (Wildman–Crippen LogP) is 10.5. The highest BCUT2D eigenvalue weighted by atomic mass is 14.9. The van der Waals surface area contributed by atoms with Gasteiger partial charge in [-0.15, -0.1) is 0 Å². The Labute approximate surface area is 242 Å². The summed E-state index contributed by atoms with van der Waals surface area (Å²) < 4.78 is 0. The van der Waals surface area contributed by atoms with Crippen LogP contribution >= 0.6 is 0 Å². The molecule has 0 unspecified atom stereocenters. The summed E-state index contributed by atoms with van der Waals surface area (Å²) >= 11 is 0. The molecule has 5 aromatic rings. The van der Waals surface area contributed by atoms with Gasteiger partial charge in [0.05, 0.1) is 5.41 Å². The minimum atomic E-state index is -0.264. The fourth-order valence-electron chi connectivity index (χ4n) is 7.52. The van der Waals surface area contributed by atoms with Crippen LogP contribution in [-0.2, 0) is 11.8 Å². The minimum Gasteiger partial charge on any atom is -0.356 e. The van der Waals surface area contributed by atoms with Crippen LogP contribution < -0.4 is 5.32 Å². The van der Waals surface area contributed by atoms with Crippen molar-refractivity contribution in [3.05, 3.63) is 161 Å². The molecule has 0 saturated heterocycles. The average Bonchev–Trinajstić information content (AvgIpc) is 3.49. The molecule has 0 amide bonds. The van der Waals surface area contributed by atoms with E-state index in [4.69, 9.17) is 0 Å². The third-order valence-corrected chi connectivity index (χ3v) is 9.28. The van der Waals surface area contributed by atoms with E-state index in [9.17, 15) is 0 Å². The fraction of sp³-hybridized carbons (Fsp3) is 0.150. The van der Waals surface area contributed by atoms with Crippen LogP contribution in [0, 0.1) is 0 Å². The van der Waals surface area contributed by atoms with Crippen molar-refractivity contribution in [1.82, 2.24) is 0 Å². The molecular formula is C40H33N. The molecule has 198 valence electrons. The molecule has 0 fully saturated rings. The fourth-order valence-corrected chi connectivity index (χ4v) is 7.52. The van der Waals surface area contributed by atoms with Crippen molar-refractivity contribution < 1.29 is 0 Å². The summed E-state index contributed by atoms with van der Waals surface area (Å²) in [6.45, 7) is 2.23. The SMILES string of the molecule is CCCc1ccc(-c2ccc(Nc3ccc4c(c3)C3(C5=C4CCC=C5)c4ccccc4-c4ccccc43)cc2)cc1. The summed E-state index contributed by atoms with van der Waals surface area (Å²) in [5, 5.41) is 3.74. The number of rotatable bonds is 5. The van der Waals surface area contributed by atoms with E-state index < -0.39 is 0 Å². The van der Waals surface area contributed by atoms with Gasteiger partial charge in [-0.25, -0.2) is 0 Å². The number of anilines is 2. The van der Waals surface area contributed by atoms with Gasteiger partial charge >= 0.3 is 0 Å².